The maximum atomic E-state index is 12.7. The van der Waals surface area contributed by atoms with Gasteiger partial charge in [0.25, 0.3) is 11.7 Å². The number of hydrogen-bond donors (Lipinski definition) is 1. The van der Waals surface area contributed by atoms with E-state index in [0.717, 1.165) is 35.4 Å². The van der Waals surface area contributed by atoms with Crippen molar-refractivity contribution < 1.29 is 4.79 Å². The Balaban J connectivity index is 1.71. The predicted molar refractivity (Wildman–Crippen MR) is 98.2 cm³/mol. The Kier molecular flexibility index (Phi) is 3.87. The molecule has 8 heteroatoms. The summed E-state index contributed by atoms with van der Waals surface area (Å²) in [5.41, 5.74) is 3.53. The van der Waals surface area contributed by atoms with Crippen LogP contribution in [0.15, 0.2) is 30.3 Å². The van der Waals surface area contributed by atoms with Gasteiger partial charge in [0.2, 0.25) is 11.8 Å². The first-order valence-electron chi connectivity index (χ1n) is 8.54. The lowest BCUT2D eigenvalue weighted by atomic mass is 10.3. The Hall–Kier alpha value is -3.29. The van der Waals surface area contributed by atoms with Crippen molar-refractivity contribution in [3.8, 4) is 0 Å². The quantitative estimate of drug-likeness (QED) is 0.612. The Bertz CT molecular complexity index is 1130. The summed E-state index contributed by atoms with van der Waals surface area (Å²) in [4.78, 5) is 25.8. The summed E-state index contributed by atoms with van der Waals surface area (Å²) in [5.74, 6) is 0.578. The van der Waals surface area contributed by atoms with E-state index in [2.05, 4.69) is 32.3 Å². The van der Waals surface area contributed by atoms with E-state index in [1.165, 1.54) is 0 Å². The van der Waals surface area contributed by atoms with Gasteiger partial charge in [0.1, 0.15) is 0 Å². The summed E-state index contributed by atoms with van der Waals surface area (Å²) in [6, 6.07) is 9.70. The average molecular weight is 349 g/mol. The van der Waals surface area contributed by atoms with Crippen LogP contribution in [0.5, 0.6) is 0 Å². The van der Waals surface area contributed by atoms with Gasteiger partial charge in [-0.05, 0) is 38.5 Å². The number of carbonyl (C=O) groups excluding carboxylic acids is 1. The minimum Gasteiger partial charge on any atom is -0.310 e. The first kappa shape index (κ1) is 16.2. The van der Waals surface area contributed by atoms with Crippen LogP contribution in [0.4, 0.5) is 5.95 Å². The minimum atomic E-state index is -0.403. The molecule has 0 atom stereocenters. The molecule has 0 spiro atoms. The highest BCUT2D eigenvalue weighted by Crippen LogP contribution is 2.20. The normalized spacial score (nSPS) is 11.3. The largest absolute Gasteiger partial charge is 0.310 e. The van der Waals surface area contributed by atoms with E-state index < -0.39 is 5.91 Å². The van der Waals surface area contributed by atoms with Gasteiger partial charge < -0.3 is 4.57 Å². The van der Waals surface area contributed by atoms with E-state index in [1.54, 1.807) is 4.52 Å². The van der Waals surface area contributed by atoms with Gasteiger partial charge in [0, 0.05) is 17.9 Å². The fourth-order valence-corrected chi connectivity index (χ4v) is 3.04. The number of fused-ring (bicyclic) bond motifs is 2. The van der Waals surface area contributed by atoms with Gasteiger partial charge in [-0.15, -0.1) is 5.10 Å². The molecular weight excluding hydrogens is 330 g/mol. The van der Waals surface area contributed by atoms with Crippen LogP contribution in [0, 0.1) is 13.8 Å². The lowest BCUT2D eigenvalue weighted by Gasteiger charge is -2.07. The second-order valence-electron chi connectivity index (χ2n) is 6.22. The molecule has 4 rings (SSSR count). The number of carbonyl (C=O) groups is 1. The number of aromatic nitrogens is 6. The van der Waals surface area contributed by atoms with Crippen LogP contribution >= 0.6 is 0 Å². The Labute approximate surface area is 149 Å². The number of hydrogen-bond acceptors (Lipinski definition) is 5. The van der Waals surface area contributed by atoms with E-state index in [0.29, 0.717) is 11.7 Å². The molecule has 0 aliphatic carbocycles. The first-order valence-corrected chi connectivity index (χ1v) is 8.54. The fraction of sp³-hybridized carbons (Fsp3) is 0.278. The molecule has 0 unspecified atom stereocenters. The monoisotopic (exact) mass is 349 g/mol. The standard InChI is InChI=1S/C18H19N7O/c1-4-9-24-14-8-6-5-7-13(14)20-17(24)22-16(26)15-21-18-19-11(2)10-12(3)25(18)23-15/h5-8,10H,4,9H2,1-3H3,(H,20,22,26). The number of imidazole rings is 1. The maximum Gasteiger partial charge on any atom is 0.297 e. The zero-order valence-electron chi connectivity index (χ0n) is 14.9. The molecule has 0 bridgehead atoms. The number of amides is 1. The molecular formula is C18H19N7O. The Morgan fingerprint density at radius 1 is 1.15 bits per heavy atom. The zero-order valence-corrected chi connectivity index (χ0v) is 14.9. The van der Waals surface area contributed by atoms with Crippen molar-refractivity contribution in [2.75, 3.05) is 5.32 Å². The van der Waals surface area contributed by atoms with Crippen LogP contribution in [-0.4, -0.2) is 35.0 Å². The lowest BCUT2D eigenvalue weighted by molar-refractivity contribution is 0.101. The molecule has 0 radical (unpaired) electrons. The summed E-state index contributed by atoms with van der Waals surface area (Å²) in [7, 11) is 0. The van der Waals surface area contributed by atoms with Crippen molar-refractivity contribution in [1.29, 1.82) is 0 Å². The molecule has 0 saturated carbocycles. The first-order chi connectivity index (χ1) is 12.6. The van der Waals surface area contributed by atoms with Crippen molar-refractivity contribution in [1.82, 2.24) is 29.1 Å². The number of para-hydroxylation sites is 2. The summed E-state index contributed by atoms with van der Waals surface area (Å²) in [6.07, 6.45) is 0.929. The lowest BCUT2D eigenvalue weighted by Crippen LogP contribution is -2.17. The van der Waals surface area contributed by atoms with Gasteiger partial charge >= 0.3 is 0 Å². The zero-order chi connectivity index (χ0) is 18.3. The molecule has 8 nitrogen and oxygen atoms in total. The van der Waals surface area contributed by atoms with Crippen LogP contribution < -0.4 is 5.32 Å². The number of aryl methyl sites for hydroxylation is 3. The predicted octanol–water partition coefficient (Wildman–Crippen LogP) is 2.75. The average Bonchev–Trinajstić information content (AvgIpc) is 3.18. The van der Waals surface area contributed by atoms with E-state index in [9.17, 15) is 4.79 Å². The van der Waals surface area contributed by atoms with Gasteiger partial charge in [0.05, 0.1) is 11.0 Å². The van der Waals surface area contributed by atoms with Crippen LogP contribution in [0.1, 0.15) is 35.4 Å². The van der Waals surface area contributed by atoms with Crippen molar-refractivity contribution >= 4 is 28.7 Å². The van der Waals surface area contributed by atoms with Crippen molar-refractivity contribution in [3.63, 3.8) is 0 Å². The van der Waals surface area contributed by atoms with E-state index in [4.69, 9.17) is 0 Å². The van der Waals surface area contributed by atoms with Gasteiger partial charge in [-0.3, -0.25) is 10.1 Å². The number of anilines is 1. The molecule has 26 heavy (non-hydrogen) atoms. The molecule has 0 saturated heterocycles. The molecule has 132 valence electrons. The smallest absolute Gasteiger partial charge is 0.297 e. The minimum absolute atomic E-state index is 0.0707. The molecule has 3 aromatic heterocycles. The van der Waals surface area contributed by atoms with Crippen LogP contribution in [-0.2, 0) is 6.54 Å². The molecule has 0 aliphatic rings. The molecule has 0 fully saturated rings. The van der Waals surface area contributed by atoms with E-state index in [-0.39, 0.29) is 5.82 Å². The van der Waals surface area contributed by atoms with Crippen molar-refractivity contribution in [2.45, 2.75) is 33.7 Å². The highest BCUT2D eigenvalue weighted by molar-refractivity contribution is 6.01. The third-order valence-corrected chi connectivity index (χ3v) is 4.15. The summed E-state index contributed by atoms with van der Waals surface area (Å²) >= 11 is 0. The van der Waals surface area contributed by atoms with Crippen LogP contribution in [0.25, 0.3) is 16.8 Å². The van der Waals surface area contributed by atoms with Crippen LogP contribution in [0.2, 0.25) is 0 Å². The topological polar surface area (TPSA) is 90.0 Å². The second-order valence-corrected chi connectivity index (χ2v) is 6.22. The highest BCUT2D eigenvalue weighted by Gasteiger charge is 2.18. The number of nitrogens with one attached hydrogen (secondary N) is 1. The summed E-state index contributed by atoms with van der Waals surface area (Å²) in [5, 5.41) is 7.12. The summed E-state index contributed by atoms with van der Waals surface area (Å²) in [6.45, 7) is 6.63. The SMILES string of the molecule is CCCn1c(NC(=O)c2nc3nc(C)cc(C)n3n2)nc2ccccc21. The number of benzene rings is 1. The number of nitrogens with zero attached hydrogens (tertiary/aromatic N) is 6. The summed E-state index contributed by atoms with van der Waals surface area (Å²) < 4.78 is 3.56. The second kappa shape index (κ2) is 6.21. The molecule has 1 N–H and O–H groups in total. The molecule has 3 heterocycles. The molecule has 1 aromatic carbocycles. The molecule has 0 aliphatic heterocycles. The van der Waals surface area contributed by atoms with Gasteiger partial charge in [-0.1, -0.05) is 19.1 Å². The van der Waals surface area contributed by atoms with Gasteiger partial charge in [-0.25, -0.2) is 14.5 Å². The molecule has 4 aromatic rings. The van der Waals surface area contributed by atoms with Crippen LogP contribution in [0.3, 0.4) is 0 Å². The van der Waals surface area contributed by atoms with E-state index >= 15 is 0 Å². The highest BCUT2D eigenvalue weighted by atomic mass is 16.2. The maximum absolute atomic E-state index is 12.7. The van der Waals surface area contributed by atoms with Gasteiger partial charge in [-0.2, -0.15) is 4.98 Å². The third-order valence-electron chi connectivity index (χ3n) is 4.15. The third kappa shape index (κ3) is 2.69. The molecule has 1 amide bonds. The Morgan fingerprint density at radius 2 is 1.96 bits per heavy atom. The van der Waals surface area contributed by atoms with Crippen molar-refractivity contribution in [3.05, 3.63) is 47.5 Å². The van der Waals surface area contributed by atoms with Gasteiger partial charge in [0.15, 0.2) is 0 Å². The number of rotatable bonds is 4. The fourth-order valence-electron chi connectivity index (χ4n) is 3.04. The van der Waals surface area contributed by atoms with E-state index in [1.807, 2.05) is 48.7 Å². The van der Waals surface area contributed by atoms with Crippen molar-refractivity contribution in [2.24, 2.45) is 0 Å². The Morgan fingerprint density at radius 3 is 2.77 bits per heavy atom.